The van der Waals surface area contributed by atoms with Gasteiger partial charge in [0.15, 0.2) is 5.96 Å². The molecule has 0 radical (unpaired) electrons. The Hall–Kier alpha value is -1.96. The Morgan fingerprint density at radius 1 is 1.00 bits per heavy atom. The minimum absolute atomic E-state index is 0. The number of para-hydroxylation sites is 2. The van der Waals surface area contributed by atoms with E-state index in [-0.39, 0.29) is 24.0 Å². The van der Waals surface area contributed by atoms with Crippen molar-refractivity contribution in [2.24, 2.45) is 4.99 Å². The van der Waals surface area contributed by atoms with Crippen LogP contribution in [0.1, 0.15) is 18.4 Å². The normalized spacial score (nSPS) is 10.7. The molecular formula is C21H31IN4O. The van der Waals surface area contributed by atoms with Gasteiger partial charge in [-0.05, 0) is 31.0 Å². The molecule has 27 heavy (non-hydrogen) atoms. The maximum absolute atomic E-state index is 5.38. The first-order valence-corrected chi connectivity index (χ1v) is 9.07. The Kier molecular flexibility index (Phi) is 11.3. The Balaban J connectivity index is 0.00000364. The van der Waals surface area contributed by atoms with E-state index >= 15 is 0 Å². The summed E-state index contributed by atoms with van der Waals surface area (Å²) in [5.74, 6) is 1.70. The van der Waals surface area contributed by atoms with Crippen molar-refractivity contribution in [2.45, 2.75) is 19.4 Å². The lowest BCUT2D eigenvalue weighted by atomic mass is 10.2. The van der Waals surface area contributed by atoms with Gasteiger partial charge in [-0.1, -0.05) is 36.4 Å². The van der Waals surface area contributed by atoms with Crippen LogP contribution in [0.25, 0.3) is 0 Å². The molecule has 6 heteroatoms. The topological polar surface area (TPSA) is 48.9 Å². The first kappa shape index (κ1) is 23.1. The fraction of sp³-hybridized carbons (Fsp3) is 0.381. The quantitative estimate of drug-likeness (QED) is 0.247. The third-order valence-corrected chi connectivity index (χ3v) is 4.27. The van der Waals surface area contributed by atoms with Gasteiger partial charge in [-0.25, -0.2) is 0 Å². The third-order valence-electron chi connectivity index (χ3n) is 4.27. The van der Waals surface area contributed by atoms with E-state index in [0.717, 1.165) is 43.2 Å². The zero-order valence-electron chi connectivity index (χ0n) is 16.4. The van der Waals surface area contributed by atoms with Crippen LogP contribution in [0.4, 0.5) is 5.69 Å². The van der Waals surface area contributed by atoms with Gasteiger partial charge in [0, 0.05) is 45.0 Å². The van der Waals surface area contributed by atoms with E-state index in [1.54, 1.807) is 14.2 Å². The number of guanidine groups is 1. The third kappa shape index (κ3) is 8.07. The van der Waals surface area contributed by atoms with Gasteiger partial charge in [0.1, 0.15) is 5.75 Å². The molecule has 0 amide bonds. The van der Waals surface area contributed by atoms with E-state index in [1.165, 1.54) is 5.69 Å². The smallest absolute Gasteiger partial charge is 0.191 e. The van der Waals surface area contributed by atoms with Crippen LogP contribution in [0.3, 0.4) is 0 Å². The molecule has 0 unspecified atom stereocenters. The van der Waals surface area contributed by atoms with Crippen molar-refractivity contribution in [1.29, 1.82) is 0 Å². The number of nitrogens with one attached hydrogen (secondary N) is 2. The number of nitrogens with zero attached hydrogens (tertiary/aromatic N) is 2. The van der Waals surface area contributed by atoms with Gasteiger partial charge < -0.3 is 20.3 Å². The molecular weight excluding hydrogens is 451 g/mol. The van der Waals surface area contributed by atoms with Crippen molar-refractivity contribution in [3.63, 3.8) is 0 Å². The van der Waals surface area contributed by atoms with Crippen LogP contribution in [0.2, 0.25) is 0 Å². The molecule has 0 atom stereocenters. The van der Waals surface area contributed by atoms with E-state index in [2.05, 4.69) is 57.9 Å². The van der Waals surface area contributed by atoms with Gasteiger partial charge >= 0.3 is 0 Å². The number of methoxy groups -OCH3 is 1. The maximum Gasteiger partial charge on any atom is 0.191 e. The molecule has 0 aliphatic rings. The summed E-state index contributed by atoms with van der Waals surface area (Å²) in [6.45, 7) is 2.62. The van der Waals surface area contributed by atoms with Crippen LogP contribution in [0.5, 0.6) is 5.75 Å². The maximum atomic E-state index is 5.38. The lowest BCUT2D eigenvalue weighted by Crippen LogP contribution is -2.37. The van der Waals surface area contributed by atoms with E-state index < -0.39 is 0 Å². The van der Waals surface area contributed by atoms with Gasteiger partial charge in [-0.2, -0.15) is 0 Å². The first-order valence-electron chi connectivity index (χ1n) is 9.07. The largest absolute Gasteiger partial charge is 0.496 e. The average Bonchev–Trinajstić information content (AvgIpc) is 2.70. The summed E-state index contributed by atoms with van der Waals surface area (Å²) in [7, 11) is 5.62. The molecule has 5 nitrogen and oxygen atoms in total. The van der Waals surface area contributed by atoms with Gasteiger partial charge in [0.05, 0.1) is 7.11 Å². The number of halogens is 1. The highest BCUT2D eigenvalue weighted by molar-refractivity contribution is 14.0. The molecule has 0 bridgehead atoms. The summed E-state index contributed by atoms with van der Waals surface area (Å²) < 4.78 is 5.38. The molecule has 0 heterocycles. The molecule has 0 saturated carbocycles. The Bertz CT molecular complexity index is 679. The van der Waals surface area contributed by atoms with Crippen LogP contribution in [0, 0.1) is 0 Å². The molecule has 0 aromatic heterocycles. The Morgan fingerprint density at radius 3 is 2.41 bits per heavy atom. The number of unbranched alkanes of at least 4 members (excludes halogenated alkanes) is 1. The minimum atomic E-state index is 0. The molecule has 0 spiro atoms. The molecule has 0 saturated heterocycles. The molecule has 2 aromatic carbocycles. The Labute approximate surface area is 180 Å². The van der Waals surface area contributed by atoms with Crippen LogP contribution in [0.15, 0.2) is 59.6 Å². The van der Waals surface area contributed by atoms with Crippen molar-refractivity contribution >= 4 is 35.6 Å². The van der Waals surface area contributed by atoms with Crippen LogP contribution < -0.4 is 20.3 Å². The van der Waals surface area contributed by atoms with Crippen molar-refractivity contribution in [3.05, 3.63) is 60.2 Å². The minimum Gasteiger partial charge on any atom is -0.496 e. The summed E-state index contributed by atoms with van der Waals surface area (Å²) in [4.78, 5) is 6.57. The van der Waals surface area contributed by atoms with Crippen LogP contribution in [-0.4, -0.2) is 40.3 Å². The number of anilines is 1. The Morgan fingerprint density at radius 2 is 1.70 bits per heavy atom. The number of hydrogen-bond donors (Lipinski definition) is 2. The predicted molar refractivity (Wildman–Crippen MR) is 126 cm³/mol. The fourth-order valence-corrected chi connectivity index (χ4v) is 2.74. The van der Waals surface area contributed by atoms with E-state index in [4.69, 9.17) is 4.74 Å². The number of aliphatic imine (C=N–C) groups is 1. The molecule has 2 rings (SSSR count). The average molecular weight is 482 g/mol. The number of rotatable bonds is 9. The van der Waals surface area contributed by atoms with Gasteiger partial charge in [0.25, 0.3) is 0 Å². The molecule has 0 aliphatic carbocycles. The zero-order valence-corrected chi connectivity index (χ0v) is 18.8. The van der Waals surface area contributed by atoms with E-state index in [0.29, 0.717) is 6.54 Å². The summed E-state index contributed by atoms with van der Waals surface area (Å²) in [5, 5.41) is 6.70. The summed E-state index contributed by atoms with van der Waals surface area (Å²) in [5.41, 5.74) is 2.37. The lowest BCUT2D eigenvalue weighted by molar-refractivity contribution is 0.409. The van der Waals surface area contributed by atoms with Crippen molar-refractivity contribution in [1.82, 2.24) is 10.6 Å². The van der Waals surface area contributed by atoms with Gasteiger partial charge in [-0.3, -0.25) is 4.99 Å². The molecule has 2 aromatic rings. The summed E-state index contributed by atoms with van der Waals surface area (Å²) in [6, 6.07) is 18.5. The highest BCUT2D eigenvalue weighted by Gasteiger charge is 2.03. The van der Waals surface area contributed by atoms with E-state index in [1.807, 2.05) is 24.3 Å². The SMILES string of the molecule is CN=C(NCCCCN(C)c1ccccc1)NCc1ccccc1OC.I. The second-order valence-electron chi connectivity index (χ2n) is 6.13. The second-order valence-corrected chi connectivity index (χ2v) is 6.13. The number of hydrogen-bond acceptors (Lipinski definition) is 3. The monoisotopic (exact) mass is 482 g/mol. The fourth-order valence-electron chi connectivity index (χ4n) is 2.74. The summed E-state index contributed by atoms with van der Waals surface area (Å²) >= 11 is 0. The van der Waals surface area contributed by atoms with Crippen molar-refractivity contribution in [3.8, 4) is 5.75 Å². The lowest BCUT2D eigenvalue weighted by Gasteiger charge is -2.19. The summed E-state index contributed by atoms with van der Waals surface area (Å²) in [6.07, 6.45) is 2.22. The van der Waals surface area contributed by atoms with Crippen LogP contribution in [-0.2, 0) is 6.54 Å². The van der Waals surface area contributed by atoms with E-state index in [9.17, 15) is 0 Å². The standard InChI is InChI=1S/C21H30N4O.HI/c1-22-21(24-17-18-11-7-8-14-20(18)26-3)23-15-9-10-16-25(2)19-12-5-4-6-13-19;/h4-8,11-14H,9-10,15-17H2,1-3H3,(H2,22,23,24);1H. The van der Waals surface area contributed by atoms with Crippen LogP contribution >= 0.6 is 24.0 Å². The second kappa shape index (κ2) is 13.2. The van der Waals surface area contributed by atoms with Gasteiger partial charge in [0.2, 0.25) is 0 Å². The molecule has 2 N–H and O–H groups in total. The highest BCUT2D eigenvalue weighted by atomic mass is 127. The number of benzene rings is 2. The van der Waals surface area contributed by atoms with Crippen molar-refractivity contribution in [2.75, 3.05) is 39.2 Å². The molecule has 0 fully saturated rings. The molecule has 148 valence electrons. The highest BCUT2D eigenvalue weighted by Crippen LogP contribution is 2.16. The van der Waals surface area contributed by atoms with Gasteiger partial charge in [-0.15, -0.1) is 24.0 Å². The van der Waals surface area contributed by atoms with Crippen molar-refractivity contribution < 1.29 is 4.74 Å². The number of ether oxygens (including phenoxy) is 1. The predicted octanol–water partition coefficient (Wildman–Crippen LogP) is 3.89. The zero-order chi connectivity index (χ0) is 18.6. The first-order chi connectivity index (χ1) is 12.7. The molecule has 0 aliphatic heterocycles.